The molecule has 92 valence electrons. The zero-order valence-electron chi connectivity index (χ0n) is 10.4. The normalized spacial score (nSPS) is 12.0. The Balaban J connectivity index is 3.11. The van der Waals surface area contributed by atoms with Gasteiger partial charge in [-0.3, -0.25) is 0 Å². The Morgan fingerprint density at radius 3 is 2.33 bits per heavy atom. The highest BCUT2D eigenvalue weighted by Crippen LogP contribution is 2.16. The molecule has 0 aromatic rings. The molecule has 0 aliphatic heterocycles. The van der Waals surface area contributed by atoms with Crippen molar-refractivity contribution in [2.24, 2.45) is 0 Å². The van der Waals surface area contributed by atoms with Crippen molar-refractivity contribution >= 4 is 32.7 Å². The highest BCUT2D eigenvalue weighted by atomic mass is 32.2. The predicted octanol–water partition coefficient (Wildman–Crippen LogP) is 4.06. The molecule has 15 heavy (non-hydrogen) atoms. The molecule has 0 rings (SSSR count). The van der Waals surface area contributed by atoms with Crippen LogP contribution in [0.15, 0.2) is 0 Å². The van der Waals surface area contributed by atoms with E-state index in [2.05, 4.69) is 37.5 Å². The molecule has 0 aliphatic carbocycles. The van der Waals surface area contributed by atoms with E-state index in [0.717, 1.165) is 5.75 Å². The number of thioether (sulfide) groups is 1. The van der Waals surface area contributed by atoms with E-state index >= 15 is 0 Å². The van der Waals surface area contributed by atoms with Gasteiger partial charge in [-0.15, -0.1) is 0 Å². The lowest BCUT2D eigenvalue weighted by atomic mass is 10.2. The first-order valence-corrected chi connectivity index (χ1v) is 10.8. The van der Waals surface area contributed by atoms with Gasteiger partial charge in [0, 0.05) is 7.11 Å². The minimum atomic E-state index is -1.29. The Bertz CT molecular complexity index is 143. The Morgan fingerprint density at radius 1 is 1.07 bits per heavy atom. The van der Waals surface area contributed by atoms with E-state index in [1.54, 1.807) is 0 Å². The Kier molecular flexibility index (Phi) is 10.6. The molecule has 0 heterocycles. The summed E-state index contributed by atoms with van der Waals surface area (Å²) < 4.78 is 5.51. The van der Waals surface area contributed by atoms with Crippen LogP contribution in [0.3, 0.4) is 0 Å². The molecule has 0 aromatic heterocycles. The van der Waals surface area contributed by atoms with Crippen LogP contribution in [-0.4, -0.2) is 32.7 Å². The van der Waals surface area contributed by atoms with Gasteiger partial charge in [-0.2, -0.15) is 24.4 Å². The Morgan fingerprint density at radius 2 is 1.73 bits per heavy atom. The molecule has 0 saturated heterocycles. The quantitative estimate of drug-likeness (QED) is 0.363. The second kappa shape index (κ2) is 10.1. The van der Waals surface area contributed by atoms with Crippen LogP contribution in [-0.2, 0) is 4.43 Å². The third kappa shape index (κ3) is 11.1. The fourth-order valence-electron chi connectivity index (χ4n) is 1.19. The average molecular weight is 267 g/mol. The summed E-state index contributed by atoms with van der Waals surface area (Å²) in [6, 6.07) is 1.28. The van der Waals surface area contributed by atoms with Gasteiger partial charge in [-0.1, -0.05) is 12.8 Å². The largest absolute Gasteiger partial charge is 0.420 e. The van der Waals surface area contributed by atoms with Crippen LogP contribution in [0.4, 0.5) is 0 Å². The number of thiol groups is 1. The molecule has 0 amide bonds. The zero-order valence-corrected chi connectivity index (χ0v) is 13.1. The Hall–Kier alpha value is 0.877. The zero-order chi connectivity index (χ0) is 11.6. The fraction of sp³-hybridized carbons (Fsp3) is 1.00. The van der Waals surface area contributed by atoms with Gasteiger partial charge in [0.1, 0.15) is 0 Å². The van der Waals surface area contributed by atoms with E-state index in [9.17, 15) is 0 Å². The van der Waals surface area contributed by atoms with Crippen molar-refractivity contribution < 1.29 is 4.43 Å². The lowest BCUT2D eigenvalue weighted by Crippen LogP contribution is -2.28. The highest BCUT2D eigenvalue weighted by Gasteiger charge is 2.19. The van der Waals surface area contributed by atoms with Crippen LogP contribution >= 0.6 is 24.4 Å². The van der Waals surface area contributed by atoms with Gasteiger partial charge in [0.25, 0.3) is 0 Å². The molecule has 0 unspecified atom stereocenters. The number of hydrogen-bond acceptors (Lipinski definition) is 3. The topological polar surface area (TPSA) is 9.23 Å². The summed E-state index contributed by atoms with van der Waals surface area (Å²) >= 11 is 6.30. The van der Waals surface area contributed by atoms with E-state index in [0.29, 0.717) is 0 Å². The maximum atomic E-state index is 5.51. The van der Waals surface area contributed by atoms with Crippen LogP contribution in [0.25, 0.3) is 0 Å². The van der Waals surface area contributed by atoms with Gasteiger partial charge < -0.3 is 4.43 Å². The van der Waals surface area contributed by atoms with Gasteiger partial charge in [0.05, 0.1) is 0 Å². The van der Waals surface area contributed by atoms with Gasteiger partial charge in [0.2, 0.25) is 0 Å². The minimum Gasteiger partial charge on any atom is -0.420 e. The van der Waals surface area contributed by atoms with Crippen molar-refractivity contribution in [3.8, 4) is 0 Å². The van der Waals surface area contributed by atoms with E-state index in [-0.39, 0.29) is 0 Å². The van der Waals surface area contributed by atoms with Crippen molar-refractivity contribution in [3.05, 3.63) is 0 Å². The molecule has 1 nitrogen and oxygen atoms in total. The summed E-state index contributed by atoms with van der Waals surface area (Å²) in [4.78, 5) is 0. The fourth-order valence-corrected chi connectivity index (χ4v) is 4.78. The summed E-state index contributed by atoms with van der Waals surface area (Å²) in [7, 11) is 0.566. The van der Waals surface area contributed by atoms with Gasteiger partial charge in [0.15, 0.2) is 8.32 Å². The summed E-state index contributed by atoms with van der Waals surface area (Å²) in [5.41, 5.74) is 0. The monoisotopic (exact) mass is 266 g/mol. The number of rotatable bonds is 10. The Labute approximate surface area is 106 Å². The molecule has 0 bridgehead atoms. The summed E-state index contributed by atoms with van der Waals surface area (Å²) in [5.74, 6) is 3.64. The van der Waals surface area contributed by atoms with Crippen molar-refractivity contribution in [1.29, 1.82) is 0 Å². The molecule has 0 fully saturated rings. The van der Waals surface area contributed by atoms with Crippen LogP contribution < -0.4 is 0 Å². The molecule has 0 N–H and O–H groups in total. The van der Waals surface area contributed by atoms with Crippen LogP contribution in [0, 0.1) is 0 Å². The minimum absolute atomic E-state index is 1.04. The molecule has 0 aliphatic rings. The summed E-state index contributed by atoms with van der Waals surface area (Å²) in [6.45, 7) is 4.58. The standard InChI is InChI=1S/C11H26OS2Si/c1-12-15(2,3)11-10-14-9-7-5-4-6-8-13/h13H,4-11H2,1-3H3. The molecule has 0 radical (unpaired) electrons. The molecule has 0 saturated carbocycles. The maximum Gasteiger partial charge on any atom is 0.187 e. The average Bonchev–Trinajstić information content (AvgIpc) is 2.22. The second-order valence-electron chi connectivity index (χ2n) is 4.46. The number of unbranched alkanes of at least 4 members (excludes halogenated alkanes) is 3. The third-order valence-electron chi connectivity index (χ3n) is 2.60. The summed E-state index contributed by atoms with van der Waals surface area (Å²) in [5, 5.41) is 0. The summed E-state index contributed by atoms with van der Waals surface area (Å²) in [6.07, 6.45) is 5.37. The van der Waals surface area contributed by atoms with E-state index < -0.39 is 8.32 Å². The molecule has 0 spiro atoms. The molecular weight excluding hydrogens is 240 g/mol. The molecule has 0 aromatic carbocycles. The number of hydrogen-bond donors (Lipinski definition) is 1. The SMILES string of the molecule is CO[Si](C)(C)CCSCCCCCCS. The molecule has 4 heteroatoms. The van der Waals surface area contributed by atoms with Gasteiger partial charge in [-0.05, 0) is 49.2 Å². The van der Waals surface area contributed by atoms with Gasteiger partial charge >= 0.3 is 0 Å². The third-order valence-corrected chi connectivity index (χ3v) is 6.91. The van der Waals surface area contributed by atoms with Crippen LogP contribution in [0.5, 0.6) is 0 Å². The van der Waals surface area contributed by atoms with Crippen molar-refractivity contribution in [3.63, 3.8) is 0 Å². The van der Waals surface area contributed by atoms with Crippen molar-refractivity contribution in [1.82, 2.24) is 0 Å². The first-order chi connectivity index (χ1) is 7.12. The maximum absolute atomic E-state index is 5.51. The second-order valence-corrected chi connectivity index (χ2v) is 10.6. The first-order valence-electron chi connectivity index (χ1n) is 5.86. The lowest BCUT2D eigenvalue weighted by Gasteiger charge is -2.19. The van der Waals surface area contributed by atoms with Crippen LogP contribution in [0.1, 0.15) is 25.7 Å². The van der Waals surface area contributed by atoms with E-state index in [1.807, 2.05) is 7.11 Å². The van der Waals surface area contributed by atoms with Crippen molar-refractivity contribution in [2.45, 2.75) is 44.8 Å². The van der Waals surface area contributed by atoms with Crippen LogP contribution in [0.2, 0.25) is 19.1 Å². The van der Waals surface area contributed by atoms with E-state index in [4.69, 9.17) is 4.43 Å². The highest BCUT2D eigenvalue weighted by molar-refractivity contribution is 7.99. The lowest BCUT2D eigenvalue weighted by molar-refractivity contribution is 0.405. The predicted molar refractivity (Wildman–Crippen MR) is 78.9 cm³/mol. The first kappa shape index (κ1) is 15.9. The van der Waals surface area contributed by atoms with Crippen molar-refractivity contribution in [2.75, 3.05) is 24.4 Å². The molecular formula is C11H26OS2Si. The van der Waals surface area contributed by atoms with E-state index in [1.165, 1.54) is 43.2 Å². The smallest absolute Gasteiger partial charge is 0.187 e. The van der Waals surface area contributed by atoms with Gasteiger partial charge in [-0.25, -0.2) is 0 Å². The molecule has 0 atom stereocenters.